The van der Waals surface area contributed by atoms with Crippen molar-refractivity contribution in [3.8, 4) is 11.8 Å². The molecule has 2 amide bonds. The molecular formula is C26H29NO4. The largest absolute Gasteiger partial charge is 0.378 e. The highest BCUT2D eigenvalue weighted by Gasteiger charge is 2.34. The maximum atomic E-state index is 12.4. The lowest BCUT2D eigenvalue weighted by atomic mass is 9.93. The summed E-state index contributed by atoms with van der Waals surface area (Å²) in [6.45, 7) is 4.92. The Kier molecular flexibility index (Phi) is 7.62. The molecule has 5 heteroatoms. The van der Waals surface area contributed by atoms with E-state index in [-0.39, 0.29) is 25.0 Å². The summed E-state index contributed by atoms with van der Waals surface area (Å²) in [5, 5.41) is 10.7. The fraction of sp³-hybridized carbons (Fsp3) is 0.385. The number of aliphatic hydroxyl groups is 1. The normalized spacial score (nSPS) is 13.2. The second-order valence-corrected chi connectivity index (χ2v) is 7.84. The summed E-state index contributed by atoms with van der Waals surface area (Å²) in [5.41, 5.74) is 1.73. The average molecular weight is 420 g/mol. The van der Waals surface area contributed by atoms with E-state index in [1.165, 1.54) is 4.90 Å². The van der Waals surface area contributed by atoms with Crippen molar-refractivity contribution in [2.75, 3.05) is 13.2 Å². The SMILES string of the molecule is CCCC(O)(C#Cc1cccc(COCCN2C(=O)c3ccccc3C2=O)c1)CCC. The third kappa shape index (κ3) is 5.61. The molecule has 0 radical (unpaired) electrons. The molecule has 1 aliphatic rings. The van der Waals surface area contributed by atoms with Gasteiger partial charge in [0.15, 0.2) is 0 Å². The van der Waals surface area contributed by atoms with Gasteiger partial charge in [0.2, 0.25) is 0 Å². The van der Waals surface area contributed by atoms with Gasteiger partial charge in [0, 0.05) is 5.56 Å². The van der Waals surface area contributed by atoms with Crippen LogP contribution in [0.3, 0.4) is 0 Å². The van der Waals surface area contributed by atoms with Crippen LogP contribution >= 0.6 is 0 Å². The number of fused-ring (bicyclic) bond motifs is 1. The van der Waals surface area contributed by atoms with Gasteiger partial charge in [0.05, 0.1) is 30.9 Å². The lowest BCUT2D eigenvalue weighted by molar-refractivity contribution is 0.0545. The molecule has 0 bridgehead atoms. The Morgan fingerprint density at radius 3 is 2.23 bits per heavy atom. The number of carbonyl (C=O) groups excluding carboxylic acids is 2. The fourth-order valence-electron chi connectivity index (χ4n) is 3.79. The smallest absolute Gasteiger partial charge is 0.261 e. The van der Waals surface area contributed by atoms with Crippen LogP contribution in [0.5, 0.6) is 0 Å². The van der Waals surface area contributed by atoms with Crippen molar-refractivity contribution >= 4 is 11.8 Å². The first kappa shape index (κ1) is 22.7. The molecule has 0 unspecified atom stereocenters. The third-order valence-corrected chi connectivity index (χ3v) is 5.30. The van der Waals surface area contributed by atoms with Crippen molar-refractivity contribution in [2.45, 2.75) is 51.7 Å². The Labute approximate surface area is 184 Å². The predicted octanol–water partition coefficient (Wildman–Crippen LogP) is 4.18. The van der Waals surface area contributed by atoms with Crippen molar-refractivity contribution in [3.05, 3.63) is 70.8 Å². The highest BCUT2D eigenvalue weighted by atomic mass is 16.5. The van der Waals surface area contributed by atoms with Crippen LogP contribution in [0.1, 0.15) is 71.4 Å². The van der Waals surface area contributed by atoms with E-state index in [1.54, 1.807) is 24.3 Å². The van der Waals surface area contributed by atoms with Crippen molar-refractivity contribution in [1.29, 1.82) is 0 Å². The monoisotopic (exact) mass is 419 g/mol. The minimum absolute atomic E-state index is 0.215. The summed E-state index contributed by atoms with van der Waals surface area (Å²) < 4.78 is 5.71. The fourth-order valence-corrected chi connectivity index (χ4v) is 3.79. The van der Waals surface area contributed by atoms with Crippen molar-refractivity contribution in [2.24, 2.45) is 0 Å². The second-order valence-electron chi connectivity index (χ2n) is 7.84. The molecule has 2 aromatic carbocycles. The lowest BCUT2D eigenvalue weighted by Crippen LogP contribution is -2.33. The number of rotatable bonds is 9. The van der Waals surface area contributed by atoms with Crippen LogP contribution < -0.4 is 0 Å². The highest BCUT2D eigenvalue weighted by molar-refractivity contribution is 6.21. The van der Waals surface area contributed by atoms with Gasteiger partial charge in [-0.3, -0.25) is 14.5 Å². The molecule has 162 valence electrons. The van der Waals surface area contributed by atoms with Gasteiger partial charge in [-0.15, -0.1) is 0 Å². The van der Waals surface area contributed by atoms with Gasteiger partial charge in [-0.05, 0) is 42.7 Å². The van der Waals surface area contributed by atoms with Crippen molar-refractivity contribution < 1.29 is 19.4 Å². The van der Waals surface area contributed by atoms with E-state index in [1.807, 2.05) is 38.1 Å². The molecule has 0 saturated carbocycles. The molecule has 31 heavy (non-hydrogen) atoms. The first-order chi connectivity index (χ1) is 15.0. The van der Waals surface area contributed by atoms with Gasteiger partial charge in [-0.1, -0.05) is 62.8 Å². The molecule has 5 nitrogen and oxygen atoms in total. The zero-order valence-corrected chi connectivity index (χ0v) is 18.2. The Balaban J connectivity index is 1.54. The summed E-state index contributed by atoms with van der Waals surface area (Å²) in [7, 11) is 0. The number of amides is 2. The Morgan fingerprint density at radius 1 is 0.968 bits per heavy atom. The van der Waals surface area contributed by atoms with Gasteiger partial charge < -0.3 is 9.84 Å². The van der Waals surface area contributed by atoms with Gasteiger partial charge in [0.25, 0.3) is 11.8 Å². The van der Waals surface area contributed by atoms with Crippen LogP contribution in [-0.2, 0) is 11.3 Å². The molecule has 0 spiro atoms. The Hall–Kier alpha value is -2.94. The van der Waals surface area contributed by atoms with Crippen LogP contribution in [-0.4, -0.2) is 40.6 Å². The molecule has 0 saturated heterocycles. The predicted molar refractivity (Wildman–Crippen MR) is 120 cm³/mol. The van der Waals surface area contributed by atoms with Gasteiger partial charge in [-0.2, -0.15) is 0 Å². The zero-order valence-electron chi connectivity index (χ0n) is 18.2. The Bertz CT molecular complexity index is 961. The number of hydrogen-bond donors (Lipinski definition) is 1. The number of imide groups is 1. The van der Waals surface area contributed by atoms with Crippen molar-refractivity contribution in [1.82, 2.24) is 4.90 Å². The summed E-state index contributed by atoms with van der Waals surface area (Å²) in [6.07, 6.45) is 3.08. The highest BCUT2D eigenvalue weighted by Crippen LogP contribution is 2.22. The number of carbonyl (C=O) groups is 2. The summed E-state index contributed by atoms with van der Waals surface area (Å²) in [6, 6.07) is 14.6. The molecule has 0 aromatic heterocycles. The molecule has 2 aromatic rings. The topological polar surface area (TPSA) is 66.8 Å². The van der Waals surface area contributed by atoms with Crippen LogP contribution in [0.25, 0.3) is 0 Å². The number of nitrogens with zero attached hydrogens (tertiary/aromatic N) is 1. The average Bonchev–Trinajstić information content (AvgIpc) is 3.01. The van der Waals surface area contributed by atoms with E-state index in [2.05, 4.69) is 11.8 Å². The second kappa shape index (κ2) is 10.4. The molecular weight excluding hydrogens is 390 g/mol. The molecule has 3 rings (SSSR count). The summed E-state index contributed by atoms with van der Waals surface area (Å²) in [5.74, 6) is 5.61. The minimum Gasteiger partial charge on any atom is -0.378 e. The van der Waals surface area contributed by atoms with Gasteiger partial charge >= 0.3 is 0 Å². The van der Waals surface area contributed by atoms with E-state index in [0.29, 0.717) is 30.6 Å². The Morgan fingerprint density at radius 2 is 1.61 bits per heavy atom. The molecule has 0 atom stereocenters. The van der Waals surface area contributed by atoms with Gasteiger partial charge in [0.1, 0.15) is 5.60 Å². The quantitative estimate of drug-likeness (QED) is 0.376. The molecule has 0 aliphatic carbocycles. The van der Waals surface area contributed by atoms with E-state index < -0.39 is 5.60 Å². The minimum atomic E-state index is -0.942. The number of ether oxygens (including phenoxy) is 1. The molecule has 1 N–H and O–H groups in total. The third-order valence-electron chi connectivity index (χ3n) is 5.30. The number of benzene rings is 2. The summed E-state index contributed by atoms with van der Waals surface area (Å²) in [4.78, 5) is 26.0. The van der Waals surface area contributed by atoms with E-state index in [9.17, 15) is 14.7 Å². The standard InChI is InChI=1S/C26H29NO4/c1-3-13-26(30,14-4-2)15-12-20-8-7-9-21(18-20)19-31-17-16-27-24(28)22-10-5-6-11-23(22)25(27)29/h5-11,18,30H,3-4,13-14,16-17,19H2,1-2H3. The molecule has 1 heterocycles. The maximum absolute atomic E-state index is 12.4. The summed E-state index contributed by atoms with van der Waals surface area (Å²) >= 11 is 0. The van der Waals surface area contributed by atoms with E-state index in [4.69, 9.17) is 4.74 Å². The first-order valence-electron chi connectivity index (χ1n) is 10.8. The van der Waals surface area contributed by atoms with Crippen LogP contribution in [0, 0.1) is 11.8 Å². The lowest BCUT2D eigenvalue weighted by Gasteiger charge is -2.20. The van der Waals surface area contributed by atoms with Crippen LogP contribution in [0.2, 0.25) is 0 Å². The molecule has 0 fully saturated rings. The van der Waals surface area contributed by atoms with Crippen LogP contribution in [0.4, 0.5) is 0 Å². The maximum Gasteiger partial charge on any atom is 0.261 e. The van der Waals surface area contributed by atoms with Crippen LogP contribution in [0.15, 0.2) is 48.5 Å². The first-order valence-corrected chi connectivity index (χ1v) is 10.8. The number of hydrogen-bond acceptors (Lipinski definition) is 4. The van der Waals surface area contributed by atoms with E-state index >= 15 is 0 Å². The van der Waals surface area contributed by atoms with Crippen molar-refractivity contribution in [3.63, 3.8) is 0 Å². The van der Waals surface area contributed by atoms with E-state index in [0.717, 1.165) is 24.0 Å². The molecule has 1 aliphatic heterocycles. The zero-order chi connectivity index (χ0) is 22.3. The van der Waals surface area contributed by atoms with Gasteiger partial charge in [-0.25, -0.2) is 0 Å².